The van der Waals surface area contributed by atoms with E-state index in [0.29, 0.717) is 11.5 Å². The third kappa shape index (κ3) is 2.25. The molecule has 1 aliphatic heterocycles. The number of aryl methyl sites for hydroxylation is 1. The van der Waals surface area contributed by atoms with Gasteiger partial charge in [-0.15, -0.1) is 0 Å². The highest BCUT2D eigenvalue weighted by Gasteiger charge is 2.29. The summed E-state index contributed by atoms with van der Waals surface area (Å²) in [6.45, 7) is 3.46. The Bertz CT molecular complexity index is 367. The molecule has 88 valence electrons. The van der Waals surface area contributed by atoms with E-state index in [2.05, 4.69) is 5.32 Å². The largest absolute Gasteiger partial charge is 0.373 e. The van der Waals surface area contributed by atoms with E-state index in [0.717, 1.165) is 25.1 Å². The number of benzene rings is 1. The van der Waals surface area contributed by atoms with E-state index in [1.165, 1.54) is 0 Å². The van der Waals surface area contributed by atoms with Crippen molar-refractivity contribution in [1.29, 1.82) is 0 Å². The van der Waals surface area contributed by atoms with Crippen LogP contribution in [0.4, 0.5) is 4.39 Å². The second-order valence-corrected chi connectivity index (χ2v) is 4.41. The van der Waals surface area contributed by atoms with Crippen molar-refractivity contribution in [1.82, 2.24) is 5.32 Å². The highest BCUT2D eigenvalue weighted by Crippen LogP contribution is 2.34. The number of ether oxygens (including phenoxy) is 1. The van der Waals surface area contributed by atoms with Crippen LogP contribution in [0.2, 0.25) is 0 Å². The van der Waals surface area contributed by atoms with Crippen LogP contribution in [0.15, 0.2) is 18.2 Å². The van der Waals surface area contributed by atoms with Crippen LogP contribution in [0.3, 0.4) is 0 Å². The third-order valence-electron chi connectivity index (χ3n) is 3.20. The molecule has 1 N–H and O–H groups in total. The topological polar surface area (TPSA) is 21.3 Å². The maximum absolute atomic E-state index is 13.5. The molecule has 3 heteroatoms. The minimum atomic E-state index is -0.142. The Balaban J connectivity index is 2.19. The van der Waals surface area contributed by atoms with Crippen molar-refractivity contribution in [3.05, 3.63) is 35.1 Å². The van der Waals surface area contributed by atoms with Gasteiger partial charge in [0.2, 0.25) is 0 Å². The number of halogens is 1. The first-order valence-electron chi connectivity index (χ1n) is 5.74. The maximum atomic E-state index is 13.5. The van der Waals surface area contributed by atoms with Crippen molar-refractivity contribution in [2.75, 3.05) is 20.2 Å². The van der Waals surface area contributed by atoms with Crippen LogP contribution in [0.5, 0.6) is 0 Å². The fourth-order valence-electron chi connectivity index (χ4n) is 2.26. The highest BCUT2D eigenvalue weighted by molar-refractivity contribution is 5.26. The van der Waals surface area contributed by atoms with Gasteiger partial charge >= 0.3 is 0 Å². The molecule has 1 heterocycles. The summed E-state index contributed by atoms with van der Waals surface area (Å²) in [5.41, 5.74) is 1.65. The number of nitrogens with one attached hydrogen (secondary N) is 1. The molecule has 1 aromatic carbocycles. The van der Waals surface area contributed by atoms with Gasteiger partial charge in [-0.05, 0) is 37.6 Å². The molecule has 2 unspecified atom stereocenters. The lowest BCUT2D eigenvalue weighted by atomic mass is 9.94. The zero-order chi connectivity index (χ0) is 11.5. The average molecular weight is 223 g/mol. The van der Waals surface area contributed by atoms with Gasteiger partial charge in [-0.2, -0.15) is 0 Å². The van der Waals surface area contributed by atoms with Crippen molar-refractivity contribution in [2.24, 2.45) is 5.92 Å². The lowest BCUT2D eigenvalue weighted by molar-refractivity contribution is 0.0907. The molecule has 0 bridgehead atoms. The molecule has 0 amide bonds. The number of rotatable bonds is 3. The summed E-state index contributed by atoms with van der Waals surface area (Å²) in [6.07, 6.45) is 1.09. The molecule has 1 saturated heterocycles. The SMILES string of the molecule is CNCC1CCOC1c1ccc(C)c(F)c1. The molecule has 16 heavy (non-hydrogen) atoms. The van der Waals surface area contributed by atoms with Gasteiger partial charge in [0.1, 0.15) is 5.82 Å². The van der Waals surface area contributed by atoms with Crippen molar-refractivity contribution in [3.63, 3.8) is 0 Å². The molecule has 1 aromatic rings. The third-order valence-corrected chi connectivity index (χ3v) is 3.20. The van der Waals surface area contributed by atoms with Gasteiger partial charge in [0.25, 0.3) is 0 Å². The lowest BCUT2D eigenvalue weighted by Crippen LogP contribution is -2.21. The molecule has 2 nitrogen and oxygen atoms in total. The Morgan fingerprint density at radius 3 is 3.00 bits per heavy atom. The van der Waals surface area contributed by atoms with Crippen LogP contribution in [0.25, 0.3) is 0 Å². The van der Waals surface area contributed by atoms with Gasteiger partial charge < -0.3 is 10.1 Å². The minimum Gasteiger partial charge on any atom is -0.373 e. The molecular formula is C13H18FNO. The molecule has 0 aliphatic carbocycles. The van der Waals surface area contributed by atoms with E-state index < -0.39 is 0 Å². The van der Waals surface area contributed by atoms with E-state index in [9.17, 15) is 4.39 Å². The molecule has 0 saturated carbocycles. The number of hydrogen-bond donors (Lipinski definition) is 1. The second-order valence-electron chi connectivity index (χ2n) is 4.41. The fraction of sp³-hybridized carbons (Fsp3) is 0.538. The van der Waals surface area contributed by atoms with Gasteiger partial charge in [0, 0.05) is 19.1 Å². The molecule has 2 atom stereocenters. The van der Waals surface area contributed by atoms with Crippen LogP contribution in [-0.4, -0.2) is 20.2 Å². The summed E-state index contributed by atoms with van der Waals surface area (Å²) >= 11 is 0. The van der Waals surface area contributed by atoms with Gasteiger partial charge in [-0.25, -0.2) is 4.39 Å². The van der Waals surface area contributed by atoms with E-state index in [-0.39, 0.29) is 11.9 Å². The monoisotopic (exact) mass is 223 g/mol. The summed E-state index contributed by atoms with van der Waals surface area (Å²) in [5, 5.41) is 3.16. The van der Waals surface area contributed by atoms with E-state index >= 15 is 0 Å². The molecular weight excluding hydrogens is 205 g/mol. The predicted octanol–water partition coefficient (Wildman–Crippen LogP) is 2.43. The molecule has 1 aliphatic rings. The van der Waals surface area contributed by atoms with Crippen LogP contribution in [0, 0.1) is 18.7 Å². The highest BCUT2D eigenvalue weighted by atomic mass is 19.1. The predicted molar refractivity (Wildman–Crippen MR) is 61.9 cm³/mol. The molecule has 0 spiro atoms. The standard InChI is InChI=1S/C13H18FNO/c1-9-3-4-10(7-12(9)14)13-11(8-15-2)5-6-16-13/h3-4,7,11,13,15H,5-6,8H2,1-2H3. The summed E-state index contributed by atoms with van der Waals surface area (Å²) in [7, 11) is 1.94. The Hall–Kier alpha value is -0.930. The van der Waals surface area contributed by atoms with Crippen LogP contribution >= 0.6 is 0 Å². The van der Waals surface area contributed by atoms with E-state index in [4.69, 9.17) is 4.74 Å². The summed E-state index contributed by atoms with van der Waals surface area (Å²) < 4.78 is 19.2. The maximum Gasteiger partial charge on any atom is 0.126 e. The van der Waals surface area contributed by atoms with E-state index in [1.807, 2.05) is 19.2 Å². The second kappa shape index (κ2) is 4.93. The van der Waals surface area contributed by atoms with Gasteiger partial charge in [-0.3, -0.25) is 0 Å². The quantitative estimate of drug-likeness (QED) is 0.849. The lowest BCUT2D eigenvalue weighted by Gasteiger charge is -2.18. The summed E-state index contributed by atoms with van der Waals surface area (Å²) in [5.74, 6) is 0.309. The van der Waals surface area contributed by atoms with Crippen molar-refractivity contribution in [2.45, 2.75) is 19.4 Å². The zero-order valence-electron chi connectivity index (χ0n) is 9.79. The van der Waals surface area contributed by atoms with Crippen molar-refractivity contribution < 1.29 is 9.13 Å². The van der Waals surface area contributed by atoms with Gasteiger partial charge in [-0.1, -0.05) is 12.1 Å². The summed E-state index contributed by atoms with van der Waals surface area (Å²) in [4.78, 5) is 0. The van der Waals surface area contributed by atoms with Gasteiger partial charge in [0.15, 0.2) is 0 Å². The van der Waals surface area contributed by atoms with Crippen LogP contribution < -0.4 is 5.32 Å². The van der Waals surface area contributed by atoms with Gasteiger partial charge in [0.05, 0.1) is 6.10 Å². The Kier molecular flexibility index (Phi) is 3.56. The Morgan fingerprint density at radius 2 is 2.31 bits per heavy atom. The molecule has 0 radical (unpaired) electrons. The first-order valence-corrected chi connectivity index (χ1v) is 5.74. The zero-order valence-corrected chi connectivity index (χ0v) is 9.79. The first-order chi connectivity index (χ1) is 7.72. The normalized spacial score (nSPS) is 24.9. The molecule has 0 aromatic heterocycles. The average Bonchev–Trinajstić information content (AvgIpc) is 2.71. The minimum absolute atomic E-state index is 0.0440. The fourth-order valence-corrected chi connectivity index (χ4v) is 2.26. The smallest absolute Gasteiger partial charge is 0.126 e. The Morgan fingerprint density at radius 1 is 1.50 bits per heavy atom. The Labute approximate surface area is 95.8 Å². The van der Waals surface area contributed by atoms with E-state index in [1.54, 1.807) is 13.0 Å². The van der Waals surface area contributed by atoms with Crippen LogP contribution in [0.1, 0.15) is 23.7 Å². The first kappa shape index (κ1) is 11.6. The molecule has 1 fully saturated rings. The molecule has 2 rings (SSSR count). The van der Waals surface area contributed by atoms with Crippen LogP contribution in [-0.2, 0) is 4.74 Å². The number of hydrogen-bond acceptors (Lipinski definition) is 2. The van der Waals surface area contributed by atoms with Crippen molar-refractivity contribution in [3.8, 4) is 0 Å². The summed E-state index contributed by atoms with van der Waals surface area (Å²) in [6, 6.07) is 5.40. The van der Waals surface area contributed by atoms with Crippen molar-refractivity contribution >= 4 is 0 Å².